The molecule has 3 aliphatic rings. The van der Waals surface area contributed by atoms with Crippen molar-refractivity contribution in [3.05, 3.63) is 35.9 Å². The summed E-state index contributed by atoms with van der Waals surface area (Å²) in [6.45, 7) is 15.7. The van der Waals surface area contributed by atoms with E-state index in [9.17, 15) is 28.8 Å². The first-order valence-electron chi connectivity index (χ1n) is 17.4. The molecular formula is C37H55N5O7. The fourth-order valence-corrected chi connectivity index (χ4v) is 7.32. The van der Waals surface area contributed by atoms with Crippen LogP contribution in [-0.4, -0.2) is 71.1 Å². The molecule has 1 saturated heterocycles. The Hall–Kier alpha value is -3.96. The normalized spacial score (nSPS) is 23.2. The number of hydrogen-bond donors (Lipinski definition) is 4. The third-order valence-electron chi connectivity index (χ3n) is 10.4. The predicted octanol–water partition coefficient (Wildman–Crippen LogP) is 3.46. The number of ketones is 1. The van der Waals surface area contributed by atoms with Crippen molar-refractivity contribution in [3.63, 3.8) is 0 Å². The molecule has 0 bridgehead atoms. The molecule has 5 N–H and O–H groups in total. The number of carbonyl (C=O) groups is 6. The summed E-state index contributed by atoms with van der Waals surface area (Å²) in [5.41, 5.74) is 4.83. The lowest BCUT2D eigenvalue weighted by Gasteiger charge is -2.38. The molecule has 4 rings (SSSR count). The summed E-state index contributed by atoms with van der Waals surface area (Å²) in [5.74, 6) is -3.39. The van der Waals surface area contributed by atoms with Gasteiger partial charge in [-0.25, -0.2) is 9.59 Å². The van der Waals surface area contributed by atoms with Crippen LogP contribution in [0.2, 0.25) is 0 Å². The number of primary amides is 1. The molecule has 3 fully saturated rings. The Morgan fingerprint density at radius 2 is 1.57 bits per heavy atom. The lowest BCUT2D eigenvalue weighted by Crippen LogP contribution is -2.62. The summed E-state index contributed by atoms with van der Waals surface area (Å²) in [4.78, 5) is 81.2. The lowest BCUT2D eigenvalue weighted by molar-refractivity contribution is -0.148. The molecule has 0 radical (unpaired) electrons. The Morgan fingerprint density at radius 1 is 0.939 bits per heavy atom. The molecule has 49 heavy (non-hydrogen) atoms. The lowest BCUT2D eigenvalue weighted by atomic mass is 9.80. The number of likely N-dealkylation sites (tertiary alicyclic amines) is 1. The first-order chi connectivity index (χ1) is 22.7. The SMILES string of the molecule is CC(C)(C)C[C@H](NC(=O)N[C@H](C(=O)N1C[C@H]2[C@@H]([C@H]1C(=O)NC(CC1CCC1)C(=O)C(N)=O)C2(C)C)C(C)(C)C)C(=O)OCc1ccccc1. The third-order valence-corrected chi connectivity index (χ3v) is 10.4. The second-order valence-electron chi connectivity index (χ2n) is 17.0. The van der Waals surface area contributed by atoms with Gasteiger partial charge < -0.3 is 31.3 Å². The Labute approximate surface area is 290 Å². The van der Waals surface area contributed by atoms with Gasteiger partial charge in [0.05, 0.1) is 6.04 Å². The molecule has 6 atom stereocenters. The summed E-state index contributed by atoms with van der Waals surface area (Å²) in [6, 6.07) is 4.54. The molecule has 5 amide bonds. The minimum absolute atomic E-state index is 0.0501. The Bertz CT molecular complexity index is 1430. The first-order valence-corrected chi connectivity index (χ1v) is 17.4. The number of hydrogen-bond acceptors (Lipinski definition) is 7. The number of rotatable bonds is 13. The number of nitrogens with zero attached hydrogens (tertiary/aromatic N) is 1. The van der Waals surface area contributed by atoms with Crippen LogP contribution in [0.4, 0.5) is 4.79 Å². The van der Waals surface area contributed by atoms with Gasteiger partial charge in [-0.1, -0.05) is 105 Å². The van der Waals surface area contributed by atoms with Gasteiger partial charge in [-0.3, -0.25) is 19.2 Å². The number of carbonyl (C=O) groups excluding carboxylic acids is 6. The Balaban J connectivity index is 1.50. The molecule has 270 valence electrons. The van der Waals surface area contributed by atoms with Crippen LogP contribution >= 0.6 is 0 Å². The largest absolute Gasteiger partial charge is 0.459 e. The van der Waals surface area contributed by atoms with Crippen molar-refractivity contribution >= 4 is 35.5 Å². The van der Waals surface area contributed by atoms with E-state index in [1.54, 1.807) is 0 Å². The summed E-state index contributed by atoms with van der Waals surface area (Å²) in [7, 11) is 0. The van der Waals surface area contributed by atoms with Crippen LogP contribution in [0.3, 0.4) is 0 Å². The van der Waals surface area contributed by atoms with Gasteiger partial charge in [0.2, 0.25) is 17.6 Å². The molecule has 1 heterocycles. The summed E-state index contributed by atoms with van der Waals surface area (Å²) in [6.07, 6.45) is 3.46. The highest BCUT2D eigenvalue weighted by Gasteiger charge is 2.70. The van der Waals surface area contributed by atoms with Crippen LogP contribution in [-0.2, 0) is 35.3 Å². The molecule has 1 aromatic rings. The fourth-order valence-electron chi connectivity index (χ4n) is 7.32. The summed E-state index contributed by atoms with van der Waals surface area (Å²) in [5, 5.41) is 8.34. The minimum atomic E-state index is -1.11. The second kappa shape index (κ2) is 14.5. The maximum atomic E-state index is 14.4. The van der Waals surface area contributed by atoms with Crippen LogP contribution < -0.4 is 21.7 Å². The van der Waals surface area contributed by atoms with E-state index >= 15 is 0 Å². The van der Waals surface area contributed by atoms with Gasteiger partial charge in [-0.2, -0.15) is 0 Å². The zero-order valence-corrected chi connectivity index (χ0v) is 30.3. The maximum Gasteiger partial charge on any atom is 0.329 e. The van der Waals surface area contributed by atoms with Gasteiger partial charge >= 0.3 is 12.0 Å². The first kappa shape index (κ1) is 37.9. The summed E-state index contributed by atoms with van der Waals surface area (Å²) >= 11 is 0. The number of ether oxygens (including phenoxy) is 1. The second-order valence-corrected chi connectivity index (χ2v) is 17.0. The van der Waals surface area contributed by atoms with E-state index in [0.717, 1.165) is 24.8 Å². The molecular weight excluding hydrogens is 626 g/mol. The number of urea groups is 1. The van der Waals surface area contributed by atoms with Gasteiger partial charge in [0.1, 0.15) is 24.7 Å². The van der Waals surface area contributed by atoms with Crippen LogP contribution in [0.25, 0.3) is 0 Å². The predicted molar refractivity (Wildman–Crippen MR) is 183 cm³/mol. The van der Waals surface area contributed by atoms with Gasteiger partial charge in [-0.15, -0.1) is 0 Å². The highest BCUT2D eigenvalue weighted by atomic mass is 16.5. The zero-order chi connectivity index (χ0) is 36.5. The molecule has 2 saturated carbocycles. The average Bonchev–Trinajstić information content (AvgIpc) is 3.29. The zero-order valence-electron chi connectivity index (χ0n) is 30.3. The highest BCUT2D eigenvalue weighted by molar-refractivity contribution is 6.37. The van der Waals surface area contributed by atoms with Crippen molar-refractivity contribution in [2.24, 2.45) is 39.7 Å². The number of Topliss-reactive ketones (excluding diaryl/α,β-unsaturated/α-hetero) is 1. The number of benzene rings is 1. The van der Waals surface area contributed by atoms with Crippen molar-refractivity contribution in [3.8, 4) is 0 Å². The molecule has 1 unspecified atom stereocenters. The van der Waals surface area contributed by atoms with Crippen LogP contribution in [0, 0.1) is 34.0 Å². The van der Waals surface area contributed by atoms with Crippen LogP contribution in [0.15, 0.2) is 30.3 Å². The smallest absolute Gasteiger partial charge is 0.329 e. The number of fused-ring (bicyclic) bond motifs is 1. The Kier molecular flexibility index (Phi) is 11.2. The molecule has 0 aromatic heterocycles. The highest BCUT2D eigenvalue weighted by Crippen LogP contribution is 2.65. The third kappa shape index (κ3) is 9.19. The van der Waals surface area contributed by atoms with Crippen LogP contribution in [0.1, 0.15) is 93.1 Å². The molecule has 2 aliphatic carbocycles. The molecule has 0 spiro atoms. The van der Waals surface area contributed by atoms with Crippen molar-refractivity contribution in [1.29, 1.82) is 0 Å². The monoisotopic (exact) mass is 681 g/mol. The molecule has 1 aromatic carbocycles. The quantitative estimate of drug-likeness (QED) is 0.182. The van der Waals surface area contributed by atoms with E-state index in [1.807, 2.05) is 85.7 Å². The summed E-state index contributed by atoms with van der Waals surface area (Å²) < 4.78 is 5.56. The topological polar surface area (TPSA) is 177 Å². The molecule has 12 heteroatoms. The molecule has 1 aliphatic heterocycles. The van der Waals surface area contributed by atoms with Gasteiger partial charge in [-0.05, 0) is 52.4 Å². The number of amides is 5. The van der Waals surface area contributed by atoms with Gasteiger partial charge in [0.15, 0.2) is 0 Å². The number of esters is 1. The fraction of sp³-hybridized carbons (Fsp3) is 0.676. The minimum Gasteiger partial charge on any atom is -0.459 e. The van der Waals surface area contributed by atoms with Crippen molar-refractivity contribution < 1.29 is 33.5 Å². The van der Waals surface area contributed by atoms with E-state index in [1.165, 1.54) is 4.90 Å². The van der Waals surface area contributed by atoms with E-state index in [4.69, 9.17) is 10.5 Å². The van der Waals surface area contributed by atoms with Crippen LogP contribution in [0.5, 0.6) is 0 Å². The number of piperidine rings is 1. The van der Waals surface area contributed by atoms with E-state index < -0.39 is 65.1 Å². The number of nitrogens with one attached hydrogen (secondary N) is 3. The van der Waals surface area contributed by atoms with Crippen molar-refractivity contribution in [1.82, 2.24) is 20.9 Å². The average molecular weight is 682 g/mol. The van der Waals surface area contributed by atoms with Crippen molar-refractivity contribution in [2.75, 3.05) is 6.54 Å². The van der Waals surface area contributed by atoms with E-state index in [2.05, 4.69) is 16.0 Å². The van der Waals surface area contributed by atoms with Crippen molar-refractivity contribution in [2.45, 2.75) is 118 Å². The number of nitrogens with two attached hydrogens (primary N) is 1. The van der Waals surface area contributed by atoms with Gasteiger partial charge in [0.25, 0.3) is 5.91 Å². The van der Waals surface area contributed by atoms with E-state index in [-0.39, 0.29) is 35.2 Å². The standard InChI is InChI=1S/C37H55N5O7/c1-35(2,3)18-25(33(47)49-20-22-13-10-9-11-14-22)40-34(48)41-29(36(4,5)6)32(46)42-19-23-26(37(23,7)8)27(42)31(45)39-24(28(43)30(38)44)17-21-15-12-16-21/h9-11,13-14,21,23-27,29H,12,15-20H2,1-8H3,(H2,38,44)(H,39,45)(H2,40,41,48)/t23-,24?,25-,26-,27-,29+/m0/s1. The van der Waals surface area contributed by atoms with E-state index in [0.29, 0.717) is 19.4 Å². The molecule has 12 nitrogen and oxygen atoms in total. The van der Waals surface area contributed by atoms with Gasteiger partial charge in [0, 0.05) is 6.54 Å². The maximum absolute atomic E-state index is 14.4. The Morgan fingerprint density at radius 3 is 2.10 bits per heavy atom.